The highest BCUT2D eigenvalue weighted by Gasteiger charge is 2.30. The lowest BCUT2D eigenvalue weighted by Crippen LogP contribution is -2.30. The zero-order chi connectivity index (χ0) is 64.9. The molecule has 0 rings (SSSR count). The molecule has 0 amide bonds. The van der Waals surface area contributed by atoms with E-state index in [9.17, 15) is 43.2 Å². The molecule has 0 heterocycles. The molecule has 0 radical (unpaired) electrons. The number of aliphatic hydroxyl groups is 1. The average molecular weight is 1290 g/mol. The van der Waals surface area contributed by atoms with Crippen LogP contribution in [-0.4, -0.2) is 96.7 Å². The first-order valence-corrected chi connectivity index (χ1v) is 38.5. The molecule has 0 saturated heterocycles. The SMILES string of the molecule is CCCCCC/C=C\C=C/CCCCCCCC(=O)OC[C@H](COP(=O)(O)OC[C@@H](O)COP(=O)(O)OC[C@@H](COC(=O)CCCCCCC)OC(=O)CCCCCCCCC(C)CC)OC(=O)CCCCCCCCCCCCCCCCCCCC. The Morgan fingerprint density at radius 2 is 0.636 bits per heavy atom. The van der Waals surface area contributed by atoms with E-state index in [1.807, 2.05) is 0 Å². The fourth-order valence-electron chi connectivity index (χ4n) is 9.89. The van der Waals surface area contributed by atoms with Gasteiger partial charge in [0.25, 0.3) is 0 Å². The zero-order valence-electron chi connectivity index (χ0n) is 56.3. The molecule has 88 heavy (non-hydrogen) atoms. The van der Waals surface area contributed by atoms with Crippen LogP contribution in [0.3, 0.4) is 0 Å². The van der Waals surface area contributed by atoms with E-state index in [1.165, 1.54) is 128 Å². The maximum Gasteiger partial charge on any atom is 0.472 e. The lowest BCUT2D eigenvalue weighted by molar-refractivity contribution is -0.161. The molecule has 0 aromatic heterocycles. The van der Waals surface area contributed by atoms with Gasteiger partial charge in [0.05, 0.1) is 26.4 Å². The molecule has 3 unspecified atom stereocenters. The van der Waals surface area contributed by atoms with Crippen molar-refractivity contribution >= 4 is 39.5 Å². The number of esters is 4. The van der Waals surface area contributed by atoms with Crippen LogP contribution in [-0.2, 0) is 65.4 Å². The Hall–Kier alpha value is -2.46. The molecule has 0 aromatic carbocycles. The van der Waals surface area contributed by atoms with E-state index in [4.69, 9.17) is 37.0 Å². The van der Waals surface area contributed by atoms with E-state index in [2.05, 4.69) is 58.9 Å². The Labute approximate surface area is 535 Å². The van der Waals surface area contributed by atoms with Gasteiger partial charge in [-0.3, -0.25) is 37.3 Å². The summed E-state index contributed by atoms with van der Waals surface area (Å²) in [5.41, 5.74) is 0. The fourth-order valence-corrected chi connectivity index (χ4v) is 11.5. The third kappa shape index (κ3) is 61.1. The zero-order valence-corrected chi connectivity index (χ0v) is 58.1. The number of allylic oxidation sites excluding steroid dienone is 4. The Morgan fingerprint density at radius 3 is 0.966 bits per heavy atom. The first kappa shape index (κ1) is 85.5. The summed E-state index contributed by atoms with van der Waals surface area (Å²) in [5, 5.41) is 10.5. The molecule has 17 nitrogen and oxygen atoms in total. The molecule has 6 atom stereocenters. The molecule has 3 N–H and O–H groups in total. The standard InChI is InChI=1S/C69H130O17P2/c1-6-10-13-16-18-20-22-24-26-27-28-30-32-34-36-38-44-49-54-68(73)85-65(59-80-67(72)53-48-43-37-35-33-31-29-25-23-21-19-17-14-11-7-2)61-84-88(77,78)82-57-63(70)56-81-87(75,76)83-60-64(58-79-66(71)52-47-41-15-12-8-3)86-69(74)55-50-45-40-39-42-46-51-62(5)9-4/h21,23,25,29,62-65,70H,6-20,22,24,26-28,30-61H2,1-5H3,(H,75,76)(H,77,78)/b23-21-,29-25-/t62?,63-,64+,65+/m0/s1. The van der Waals surface area contributed by atoms with Crippen LogP contribution in [0.25, 0.3) is 0 Å². The third-order valence-corrected chi connectivity index (χ3v) is 17.7. The average Bonchev–Trinajstić information content (AvgIpc) is 3.53. The Bertz CT molecular complexity index is 1800. The third-order valence-electron chi connectivity index (χ3n) is 15.8. The Morgan fingerprint density at radius 1 is 0.364 bits per heavy atom. The number of carbonyl (C=O) groups is 4. The first-order chi connectivity index (χ1) is 42.6. The van der Waals surface area contributed by atoms with Crippen LogP contribution < -0.4 is 0 Å². The van der Waals surface area contributed by atoms with Gasteiger partial charge in [-0.1, -0.05) is 277 Å². The number of phosphoric acid groups is 2. The molecule has 0 aliphatic carbocycles. The minimum Gasteiger partial charge on any atom is -0.462 e. The van der Waals surface area contributed by atoms with E-state index >= 15 is 0 Å². The molecule has 0 bridgehead atoms. The van der Waals surface area contributed by atoms with Crippen molar-refractivity contribution in [3.8, 4) is 0 Å². The van der Waals surface area contributed by atoms with Crippen molar-refractivity contribution < 1.29 is 80.2 Å². The quantitative estimate of drug-likeness (QED) is 0.0169. The van der Waals surface area contributed by atoms with Crippen molar-refractivity contribution in [2.75, 3.05) is 39.6 Å². The molecule has 0 aromatic rings. The molecular weight excluding hydrogens is 1160 g/mol. The van der Waals surface area contributed by atoms with E-state index < -0.39 is 97.5 Å². The van der Waals surface area contributed by atoms with Crippen LogP contribution in [0.15, 0.2) is 24.3 Å². The van der Waals surface area contributed by atoms with Gasteiger partial charge in [0.1, 0.15) is 19.3 Å². The maximum absolute atomic E-state index is 13.0. The topological polar surface area (TPSA) is 237 Å². The van der Waals surface area contributed by atoms with Gasteiger partial charge in [-0.2, -0.15) is 0 Å². The molecular formula is C69H130O17P2. The first-order valence-electron chi connectivity index (χ1n) is 35.5. The Kier molecular flexibility index (Phi) is 60.3. The minimum absolute atomic E-state index is 0.0999. The molecule has 518 valence electrons. The predicted molar refractivity (Wildman–Crippen MR) is 354 cm³/mol. The van der Waals surface area contributed by atoms with Crippen LogP contribution in [0.5, 0.6) is 0 Å². The van der Waals surface area contributed by atoms with Crippen LogP contribution in [0.4, 0.5) is 0 Å². The van der Waals surface area contributed by atoms with Gasteiger partial charge in [0.15, 0.2) is 12.2 Å². The van der Waals surface area contributed by atoms with E-state index in [0.29, 0.717) is 25.7 Å². The second-order valence-corrected chi connectivity index (χ2v) is 27.4. The predicted octanol–water partition coefficient (Wildman–Crippen LogP) is 19.3. The fraction of sp³-hybridized carbons (Fsp3) is 0.884. The highest BCUT2D eigenvalue weighted by atomic mass is 31.2. The number of hydrogen-bond donors (Lipinski definition) is 3. The Balaban J connectivity index is 5.19. The van der Waals surface area contributed by atoms with Crippen LogP contribution >= 0.6 is 15.6 Å². The molecule has 0 spiro atoms. The van der Waals surface area contributed by atoms with Crippen molar-refractivity contribution in [2.45, 2.75) is 348 Å². The van der Waals surface area contributed by atoms with E-state index in [-0.39, 0.29) is 25.7 Å². The van der Waals surface area contributed by atoms with Gasteiger partial charge in [-0.25, -0.2) is 9.13 Å². The van der Waals surface area contributed by atoms with Gasteiger partial charge >= 0.3 is 39.5 Å². The summed E-state index contributed by atoms with van der Waals surface area (Å²) in [6.45, 7) is 7.03. The maximum atomic E-state index is 13.0. The summed E-state index contributed by atoms with van der Waals surface area (Å²) < 4.78 is 67.9. The second kappa shape index (κ2) is 62.0. The van der Waals surface area contributed by atoms with Crippen LogP contribution in [0, 0.1) is 5.92 Å². The number of unbranched alkanes of at least 4 members (excludes halogenated alkanes) is 35. The number of carbonyl (C=O) groups excluding carboxylic acids is 4. The van der Waals surface area contributed by atoms with Crippen molar-refractivity contribution in [2.24, 2.45) is 5.92 Å². The summed E-state index contributed by atoms with van der Waals surface area (Å²) in [6.07, 6.45) is 51.3. The van der Waals surface area contributed by atoms with Crippen molar-refractivity contribution in [1.29, 1.82) is 0 Å². The lowest BCUT2D eigenvalue weighted by atomic mass is 10.00. The lowest BCUT2D eigenvalue weighted by Gasteiger charge is -2.21. The van der Waals surface area contributed by atoms with Crippen LogP contribution in [0.1, 0.15) is 330 Å². The summed E-state index contributed by atoms with van der Waals surface area (Å²) in [4.78, 5) is 72.2. The smallest absolute Gasteiger partial charge is 0.462 e. The summed E-state index contributed by atoms with van der Waals surface area (Å²) in [6, 6.07) is 0. The van der Waals surface area contributed by atoms with Crippen molar-refractivity contribution in [3.05, 3.63) is 24.3 Å². The highest BCUT2D eigenvalue weighted by Crippen LogP contribution is 2.45. The van der Waals surface area contributed by atoms with Gasteiger partial charge in [-0.15, -0.1) is 0 Å². The summed E-state index contributed by atoms with van der Waals surface area (Å²) >= 11 is 0. The van der Waals surface area contributed by atoms with Gasteiger partial charge < -0.3 is 33.8 Å². The highest BCUT2D eigenvalue weighted by molar-refractivity contribution is 7.47. The number of rotatable bonds is 67. The van der Waals surface area contributed by atoms with Crippen molar-refractivity contribution in [1.82, 2.24) is 0 Å². The normalized spacial score (nSPS) is 14.6. The van der Waals surface area contributed by atoms with E-state index in [0.717, 1.165) is 121 Å². The molecule has 0 fully saturated rings. The number of aliphatic hydroxyl groups excluding tert-OH is 1. The van der Waals surface area contributed by atoms with Gasteiger partial charge in [-0.05, 0) is 57.3 Å². The van der Waals surface area contributed by atoms with Crippen LogP contribution in [0.2, 0.25) is 0 Å². The molecule has 0 aliphatic heterocycles. The molecule has 0 aliphatic rings. The van der Waals surface area contributed by atoms with Crippen molar-refractivity contribution in [3.63, 3.8) is 0 Å². The largest absolute Gasteiger partial charge is 0.472 e. The monoisotopic (exact) mass is 1290 g/mol. The van der Waals surface area contributed by atoms with Gasteiger partial charge in [0, 0.05) is 25.7 Å². The van der Waals surface area contributed by atoms with Gasteiger partial charge in [0.2, 0.25) is 0 Å². The molecule has 0 saturated carbocycles. The summed E-state index contributed by atoms with van der Waals surface area (Å²) in [7, 11) is -9.90. The molecule has 19 heteroatoms. The van der Waals surface area contributed by atoms with E-state index in [1.54, 1.807) is 0 Å². The minimum atomic E-state index is -4.96. The number of ether oxygens (including phenoxy) is 4. The number of phosphoric ester groups is 2. The number of hydrogen-bond acceptors (Lipinski definition) is 15. The summed E-state index contributed by atoms with van der Waals surface area (Å²) in [5.74, 6) is -1.45. The second-order valence-electron chi connectivity index (χ2n) is 24.5.